The molecule has 1 fully saturated rings. The highest BCUT2D eigenvalue weighted by Gasteiger charge is 2.26. The van der Waals surface area contributed by atoms with E-state index in [1.54, 1.807) is 7.05 Å². The number of hydrogen-bond acceptors (Lipinski definition) is 7. The lowest BCUT2D eigenvalue weighted by Gasteiger charge is -2.30. The molecule has 128 valence electrons. The molecular weight excluding hydrogens is 334 g/mol. The Morgan fingerprint density at radius 1 is 1.42 bits per heavy atom. The molecule has 3 rings (SSSR count). The third-order valence-electron chi connectivity index (χ3n) is 4.06. The van der Waals surface area contributed by atoms with Crippen molar-refractivity contribution in [2.45, 2.75) is 19.4 Å². The van der Waals surface area contributed by atoms with Crippen LogP contribution in [0.3, 0.4) is 0 Å². The van der Waals surface area contributed by atoms with Crippen LogP contribution in [0.25, 0.3) is 10.3 Å². The van der Waals surface area contributed by atoms with E-state index in [2.05, 4.69) is 15.3 Å². The Bertz CT molecular complexity index is 837. The summed E-state index contributed by atoms with van der Waals surface area (Å²) in [4.78, 5) is 45.2. The molecule has 1 amide bonds. The van der Waals surface area contributed by atoms with Gasteiger partial charge in [0.1, 0.15) is 17.6 Å². The van der Waals surface area contributed by atoms with Gasteiger partial charge in [-0.15, -0.1) is 0 Å². The van der Waals surface area contributed by atoms with Crippen LogP contribution in [0.1, 0.15) is 12.8 Å². The van der Waals surface area contributed by atoms with Crippen molar-refractivity contribution in [3.8, 4) is 0 Å². The number of piperidine rings is 1. The predicted molar refractivity (Wildman–Crippen MR) is 88.3 cm³/mol. The number of rotatable bonds is 4. The van der Waals surface area contributed by atoms with Crippen LogP contribution in [0.5, 0.6) is 0 Å². The lowest BCUT2D eigenvalue weighted by Crippen LogP contribution is -2.39. The van der Waals surface area contributed by atoms with Gasteiger partial charge in [0.25, 0.3) is 5.56 Å². The molecule has 1 saturated heterocycles. The third kappa shape index (κ3) is 3.09. The van der Waals surface area contributed by atoms with Crippen molar-refractivity contribution < 1.29 is 14.7 Å². The molecule has 0 unspecified atom stereocenters. The highest BCUT2D eigenvalue weighted by Crippen LogP contribution is 2.29. The van der Waals surface area contributed by atoms with Gasteiger partial charge in [0.05, 0.1) is 0 Å². The van der Waals surface area contributed by atoms with E-state index in [-0.39, 0.29) is 11.8 Å². The average Bonchev–Trinajstić information content (AvgIpc) is 3.01. The minimum Gasteiger partial charge on any atom is -0.480 e. The molecule has 0 spiro atoms. The van der Waals surface area contributed by atoms with Crippen LogP contribution < -0.4 is 15.8 Å². The number of thiazole rings is 1. The van der Waals surface area contributed by atoms with E-state index in [9.17, 15) is 14.4 Å². The Morgan fingerprint density at radius 3 is 2.75 bits per heavy atom. The molecule has 3 heterocycles. The number of anilines is 1. The number of nitrogens with one attached hydrogen (secondary N) is 1. The monoisotopic (exact) mass is 351 g/mol. The Hall–Kier alpha value is -2.49. The lowest BCUT2D eigenvalue weighted by molar-refractivity contribution is -0.137. The molecule has 2 N–H and O–H groups in total. The standard InChI is InChI=1S/C14H17N5O4S/c1-15-12(22)8-2-4-18(5-3-8)14-17-11-10(24-14)13(23)19(7-16-11)6-9(20)21/h7-8H,2-6H2,1H3,(H,15,22)(H,20,21). The number of fused-ring (bicyclic) bond motifs is 1. The minimum atomic E-state index is -1.10. The van der Waals surface area contributed by atoms with Crippen molar-refractivity contribution in [2.24, 2.45) is 5.92 Å². The van der Waals surface area contributed by atoms with Crippen LogP contribution in [-0.2, 0) is 16.1 Å². The number of carboxylic acid groups (broad SMARTS) is 1. The molecule has 1 aliphatic heterocycles. The Balaban J connectivity index is 1.82. The first kappa shape index (κ1) is 16.4. The highest BCUT2D eigenvalue weighted by atomic mass is 32.1. The van der Waals surface area contributed by atoms with Crippen LogP contribution in [0.2, 0.25) is 0 Å². The summed E-state index contributed by atoms with van der Waals surface area (Å²) in [5, 5.41) is 12.2. The van der Waals surface area contributed by atoms with Crippen molar-refractivity contribution >= 4 is 38.7 Å². The zero-order chi connectivity index (χ0) is 17.3. The van der Waals surface area contributed by atoms with Crippen molar-refractivity contribution in [1.82, 2.24) is 19.9 Å². The summed E-state index contributed by atoms with van der Waals surface area (Å²) >= 11 is 1.21. The zero-order valence-electron chi connectivity index (χ0n) is 13.1. The van der Waals surface area contributed by atoms with Gasteiger partial charge in [-0.25, -0.2) is 4.98 Å². The van der Waals surface area contributed by atoms with Gasteiger partial charge >= 0.3 is 5.97 Å². The smallest absolute Gasteiger partial charge is 0.323 e. The summed E-state index contributed by atoms with van der Waals surface area (Å²) in [5.74, 6) is -1.04. The van der Waals surface area contributed by atoms with E-state index in [0.717, 1.165) is 17.4 Å². The maximum absolute atomic E-state index is 12.3. The van der Waals surface area contributed by atoms with E-state index < -0.39 is 18.1 Å². The maximum Gasteiger partial charge on any atom is 0.323 e. The average molecular weight is 351 g/mol. The van der Waals surface area contributed by atoms with Gasteiger partial charge < -0.3 is 15.3 Å². The molecule has 0 saturated carbocycles. The fourth-order valence-electron chi connectivity index (χ4n) is 2.77. The summed E-state index contributed by atoms with van der Waals surface area (Å²) in [7, 11) is 1.63. The first-order valence-corrected chi connectivity index (χ1v) is 8.35. The fraction of sp³-hybridized carbons (Fsp3) is 0.500. The van der Waals surface area contributed by atoms with Crippen molar-refractivity contribution in [3.05, 3.63) is 16.7 Å². The molecule has 2 aromatic rings. The normalized spacial score (nSPS) is 15.6. The molecule has 0 aromatic carbocycles. The van der Waals surface area contributed by atoms with Crippen molar-refractivity contribution in [3.63, 3.8) is 0 Å². The van der Waals surface area contributed by atoms with Crippen LogP contribution in [0.4, 0.5) is 5.13 Å². The van der Waals surface area contributed by atoms with Crippen molar-refractivity contribution in [1.29, 1.82) is 0 Å². The van der Waals surface area contributed by atoms with E-state index in [1.807, 2.05) is 4.90 Å². The van der Waals surface area contributed by atoms with Gasteiger partial charge in [0.15, 0.2) is 10.8 Å². The minimum absolute atomic E-state index is 0.00606. The van der Waals surface area contributed by atoms with E-state index in [0.29, 0.717) is 28.6 Å². The number of hydrogen-bond donors (Lipinski definition) is 2. The van der Waals surface area contributed by atoms with Gasteiger partial charge in [-0.1, -0.05) is 11.3 Å². The number of aromatic nitrogens is 3. The second-order valence-corrected chi connectivity index (χ2v) is 6.57. The quantitative estimate of drug-likeness (QED) is 0.790. The highest BCUT2D eigenvalue weighted by molar-refractivity contribution is 7.22. The molecule has 0 atom stereocenters. The summed E-state index contributed by atoms with van der Waals surface area (Å²) in [6.07, 6.45) is 2.67. The molecule has 1 aliphatic rings. The van der Waals surface area contributed by atoms with E-state index >= 15 is 0 Å². The second-order valence-electron chi connectivity index (χ2n) is 5.60. The molecule has 0 bridgehead atoms. The van der Waals surface area contributed by atoms with Crippen LogP contribution in [0.15, 0.2) is 11.1 Å². The first-order valence-electron chi connectivity index (χ1n) is 7.54. The topological polar surface area (TPSA) is 117 Å². The maximum atomic E-state index is 12.3. The summed E-state index contributed by atoms with van der Waals surface area (Å²) in [5.41, 5.74) is -0.0681. The molecule has 0 aliphatic carbocycles. The van der Waals surface area contributed by atoms with Gasteiger partial charge in [-0.05, 0) is 12.8 Å². The SMILES string of the molecule is CNC(=O)C1CCN(c2nc3ncn(CC(=O)O)c(=O)c3s2)CC1. The fourth-order valence-corrected chi connectivity index (χ4v) is 3.79. The number of carbonyl (C=O) groups is 2. The third-order valence-corrected chi connectivity index (χ3v) is 5.15. The Labute approximate surface area is 140 Å². The van der Waals surface area contributed by atoms with Gasteiger partial charge in [0.2, 0.25) is 5.91 Å². The number of carbonyl (C=O) groups excluding carboxylic acids is 1. The molecule has 2 aromatic heterocycles. The van der Waals surface area contributed by atoms with Crippen molar-refractivity contribution in [2.75, 3.05) is 25.0 Å². The molecule has 10 heteroatoms. The summed E-state index contributed by atoms with van der Waals surface area (Å²) in [6.45, 7) is 0.939. The number of amides is 1. The predicted octanol–water partition coefficient (Wildman–Crippen LogP) is -0.100. The Morgan fingerprint density at radius 2 is 2.12 bits per heavy atom. The zero-order valence-corrected chi connectivity index (χ0v) is 13.9. The molecular formula is C14H17N5O4S. The van der Waals surface area contributed by atoms with E-state index in [1.165, 1.54) is 17.7 Å². The van der Waals surface area contributed by atoms with Crippen LogP contribution >= 0.6 is 11.3 Å². The number of carboxylic acids is 1. The van der Waals surface area contributed by atoms with Gasteiger partial charge in [-0.2, -0.15) is 4.98 Å². The molecule has 0 radical (unpaired) electrons. The molecule has 24 heavy (non-hydrogen) atoms. The van der Waals surface area contributed by atoms with Gasteiger partial charge in [-0.3, -0.25) is 19.0 Å². The second kappa shape index (κ2) is 6.56. The summed E-state index contributed by atoms with van der Waals surface area (Å²) < 4.78 is 1.41. The lowest BCUT2D eigenvalue weighted by atomic mass is 9.96. The summed E-state index contributed by atoms with van der Waals surface area (Å²) in [6, 6.07) is 0. The van der Waals surface area contributed by atoms with E-state index in [4.69, 9.17) is 5.11 Å². The van der Waals surface area contributed by atoms with Gasteiger partial charge in [0, 0.05) is 26.1 Å². The molecule has 9 nitrogen and oxygen atoms in total. The largest absolute Gasteiger partial charge is 0.480 e. The number of aliphatic carboxylic acids is 1. The first-order chi connectivity index (χ1) is 11.5. The van der Waals surface area contributed by atoms with Crippen LogP contribution in [0, 0.1) is 5.92 Å². The Kier molecular flexibility index (Phi) is 4.47. The number of nitrogens with zero attached hydrogens (tertiary/aromatic N) is 4. The van der Waals surface area contributed by atoms with Crippen LogP contribution in [-0.4, -0.2) is 51.7 Å².